The average molecular weight is 257 g/mol. The lowest BCUT2D eigenvalue weighted by Crippen LogP contribution is -1.85. The van der Waals surface area contributed by atoms with Gasteiger partial charge in [0.15, 0.2) is 0 Å². The van der Waals surface area contributed by atoms with Crippen molar-refractivity contribution in [1.29, 1.82) is 0 Å². The maximum atomic E-state index is 9.53. The average Bonchev–Trinajstić information content (AvgIpc) is 2.22. The Kier molecular flexibility index (Phi) is 4.09. The molecule has 0 aliphatic carbocycles. The Bertz CT molecular complexity index is 557. The summed E-state index contributed by atoms with van der Waals surface area (Å²) < 4.78 is 8.88. The molecule has 2 aromatic carbocycles. The number of nitrogens with two attached hydrogens (primary N) is 1. The lowest BCUT2D eigenvalue weighted by molar-refractivity contribution is 0.275. The summed E-state index contributed by atoms with van der Waals surface area (Å²) in [6.45, 7) is 0. The number of nitrogen functional groups attached to an aromatic ring is 1. The molecule has 0 bridgehead atoms. The molecule has 0 amide bonds. The minimum absolute atomic E-state index is 0.174. The van der Waals surface area contributed by atoms with Crippen LogP contribution in [0.5, 0.6) is 5.75 Å². The number of fused-ring (bicyclic) bond motifs is 1. The first-order chi connectivity index (χ1) is 7.79. The van der Waals surface area contributed by atoms with E-state index in [1.165, 1.54) is 0 Å². The fourth-order valence-corrected chi connectivity index (χ4v) is 1.27. The van der Waals surface area contributed by atoms with Crippen molar-refractivity contribution in [3.8, 4) is 5.75 Å². The van der Waals surface area contributed by atoms with Gasteiger partial charge in [-0.1, -0.05) is 30.3 Å². The van der Waals surface area contributed by atoms with Gasteiger partial charge in [-0.15, -0.1) is 0 Å². The van der Waals surface area contributed by atoms with Crippen molar-refractivity contribution in [2.45, 2.75) is 0 Å². The maximum absolute atomic E-state index is 9.53. The van der Waals surface area contributed by atoms with Crippen molar-refractivity contribution in [3.05, 3.63) is 36.4 Å². The zero-order valence-corrected chi connectivity index (χ0v) is 9.58. The monoisotopic (exact) mass is 257 g/mol. The van der Waals surface area contributed by atoms with Crippen molar-refractivity contribution in [1.82, 2.24) is 0 Å². The van der Waals surface area contributed by atoms with Gasteiger partial charge in [-0.2, -0.15) is 0 Å². The van der Waals surface area contributed by atoms with Crippen LogP contribution in [0.3, 0.4) is 0 Å². The van der Waals surface area contributed by atoms with E-state index < -0.39 is 7.82 Å². The van der Waals surface area contributed by atoms with E-state index in [9.17, 15) is 5.11 Å². The summed E-state index contributed by atoms with van der Waals surface area (Å²) >= 11 is 0. The molecule has 2 rings (SSSR count). The second-order valence-electron chi connectivity index (χ2n) is 3.24. The molecule has 6 nitrogen and oxygen atoms in total. The van der Waals surface area contributed by atoms with E-state index >= 15 is 0 Å². The van der Waals surface area contributed by atoms with E-state index in [4.69, 9.17) is 25.0 Å². The van der Waals surface area contributed by atoms with Gasteiger partial charge in [0.1, 0.15) is 5.75 Å². The van der Waals surface area contributed by atoms with Gasteiger partial charge in [-0.25, -0.2) is 4.57 Å². The third-order valence-electron chi connectivity index (χ3n) is 1.93. The third kappa shape index (κ3) is 4.42. The zero-order valence-electron chi connectivity index (χ0n) is 8.69. The minimum Gasteiger partial charge on any atom is -0.505 e. The largest absolute Gasteiger partial charge is 0.505 e. The van der Waals surface area contributed by atoms with Gasteiger partial charge >= 0.3 is 7.82 Å². The normalized spacial score (nSPS) is 10.8. The Morgan fingerprint density at radius 2 is 1.53 bits per heavy atom. The summed E-state index contributed by atoms with van der Waals surface area (Å²) in [4.78, 5) is 21.6. The summed E-state index contributed by atoms with van der Waals surface area (Å²) in [7, 11) is -4.64. The second-order valence-corrected chi connectivity index (χ2v) is 4.26. The van der Waals surface area contributed by atoms with Crippen molar-refractivity contribution in [2.75, 3.05) is 5.73 Å². The maximum Gasteiger partial charge on any atom is 0.466 e. The van der Waals surface area contributed by atoms with Crippen LogP contribution >= 0.6 is 7.82 Å². The Hall–Kier alpha value is -1.59. The summed E-state index contributed by atoms with van der Waals surface area (Å²) in [5, 5.41) is 11.3. The predicted molar refractivity (Wildman–Crippen MR) is 64.3 cm³/mol. The van der Waals surface area contributed by atoms with E-state index in [1.54, 1.807) is 6.07 Å². The summed E-state index contributed by atoms with van der Waals surface area (Å²) in [6.07, 6.45) is 0. The molecule has 92 valence electrons. The summed E-state index contributed by atoms with van der Waals surface area (Å²) in [5.74, 6) is 0.174. The highest BCUT2D eigenvalue weighted by Crippen LogP contribution is 2.29. The van der Waals surface area contributed by atoms with Crippen LogP contribution in [0, 0.1) is 0 Å². The molecule has 0 saturated carbocycles. The van der Waals surface area contributed by atoms with Gasteiger partial charge in [-0.05, 0) is 11.5 Å². The van der Waals surface area contributed by atoms with E-state index in [0.717, 1.165) is 10.8 Å². The van der Waals surface area contributed by atoms with Gasteiger partial charge in [0.25, 0.3) is 0 Å². The molecule has 2 aromatic rings. The lowest BCUT2D eigenvalue weighted by Gasteiger charge is -2.02. The quantitative estimate of drug-likeness (QED) is 0.274. The molecule has 0 aliphatic heterocycles. The Balaban J connectivity index is 0.000000249. The lowest BCUT2D eigenvalue weighted by atomic mass is 10.1. The second kappa shape index (κ2) is 5.16. The predicted octanol–water partition coefficient (Wildman–Crippen LogP) is 1.20. The number of anilines is 1. The van der Waals surface area contributed by atoms with Crippen LogP contribution < -0.4 is 5.73 Å². The molecule has 0 fully saturated rings. The number of benzene rings is 2. The Morgan fingerprint density at radius 3 is 2.12 bits per heavy atom. The molecular formula is C10H12NO5P. The van der Waals surface area contributed by atoms with Crippen LogP contribution in [0.25, 0.3) is 10.8 Å². The van der Waals surface area contributed by atoms with Gasteiger partial charge in [0, 0.05) is 5.39 Å². The fourth-order valence-electron chi connectivity index (χ4n) is 1.27. The summed E-state index contributed by atoms with van der Waals surface area (Å²) in [6, 6.07) is 11.2. The molecule has 0 unspecified atom stereocenters. The third-order valence-corrected chi connectivity index (χ3v) is 1.93. The molecule has 17 heavy (non-hydrogen) atoms. The molecule has 0 aliphatic rings. The minimum atomic E-state index is -4.64. The molecular weight excluding hydrogens is 245 g/mol. The highest BCUT2D eigenvalue weighted by molar-refractivity contribution is 7.45. The first kappa shape index (κ1) is 13.5. The number of rotatable bonds is 0. The molecule has 0 saturated heterocycles. The highest BCUT2D eigenvalue weighted by atomic mass is 31.2. The van der Waals surface area contributed by atoms with Crippen LogP contribution in [0.1, 0.15) is 0 Å². The molecule has 0 aromatic heterocycles. The van der Waals surface area contributed by atoms with Gasteiger partial charge in [-0.3, -0.25) is 0 Å². The molecule has 0 spiro atoms. The smallest absolute Gasteiger partial charge is 0.466 e. The number of phosphoric acid groups is 1. The van der Waals surface area contributed by atoms with E-state index in [2.05, 4.69) is 0 Å². The molecule has 0 heterocycles. The van der Waals surface area contributed by atoms with Crippen molar-refractivity contribution < 1.29 is 24.4 Å². The Morgan fingerprint density at radius 1 is 1.00 bits per heavy atom. The van der Waals surface area contributed by atoms with Gasteiger partial charge in [0.2, 0.25) is 0 Å². The number of phenolic OH excluding ortho intramolecular Hbond substituents is 1. The van der Waals surface area contributed by atoms with E-state index in [1.807, 2.05) is 30.3 Å². The number of hydrogen-bond donors (Lipinski definition) is 5. The SMILES string of the molecule is Nc1ccc2ccccc2c1O.O=P(O)(O)O. The zero-order chi connectivity index (χ0) is 13.1. The topological polar surface area (TPSA) is 124 Å². The first-order valence-corrected chi connectivity index (χ1v) is 6.10. The number of hydrogen-bond acceptors (Lipinski definition) is 3. The molecule has 7 heteroatoms. The Labute approximate surface area is 97.2 Å². The van der Waals surface area contributed by atoms with E-state index in [0.29, 0.717) is 5.69 Å². The molecule has 0 atom stereocenters. The standard InChI is InChI=1S/C10H9NO.H3O4P/c11-9-6-5-7-3-1-2-4-8(7)10(9)12;1-5(2,3)4/h1-6,12H,11H2;(H3,1,2,3,4). The van der Waals surface area contributed by atoms with Crippen molar-refractivity contribution >= 4 is 24.3 Å². The van der Waals surface area contributed by atoms with Crippen LogP contribution in [-0.2, 0) is 4.57 Å². The molecule has 6 N–H and O–H groups in total. The van der Waals surface area contributed by atoms with Gasteiger partial charge in [0.05, 0.1) is 5.69 Å². The fraction of sp³-hybridized carbons (Fsp3) is 0. The molecule has 0 radical (unpaired) electrons. The van der Waals surface area contributed by atoms with Gasteiger partial charge < -0.3 is 25.5 Å². The van der Waals surface area contributed by atoms with Crippen molar-refractivity contribution in [2.24, 2.45) is 0 Å². The number of aromatic hydroxyl groups is 1. The van der Waals surface area contributed by atoms with Crippen LogP contribution in [0.4, 0.5) is 5.69 Å². The summed E-state index contributed by atoms with van der Waals surface area (Å²) in [5.41, 5.74) is 5.96. The number of phenols is 1. The van der Waals surface area contributed by atoms with Crippen LogP contribution in [0.15, 0.2) is 36.4 Å². The van der Waals surface area contributed by atoms with Crippen LogP contribution in [0.2, 0.25) is 0 Å². The highest BCUT2D eigenvalue weighted by Gasteiger charge is 2.01. The van der Waals surface area contributed by atoms with Crippen LogP contribution in [-0.4, -0.2) is 19.8 Å². The first-order valence-electron chi connectivity index (χ1n) is 4.53. The van der Waals surface area contributed by atoms with E-state index in [-0.39, 0.29) is 5.75 Å². The van der Waals surface area contributed by atoms with Crippen molar-refractivity contribution in [3.63, 3.8) is 0 Å².